The van der Waals surface area contributed by atoms with Gasteiger partial charge in [-0.25, -0.2) is 9.37 Å². The molecule has 0 bridgehead atoms. The Hall–Kier alpha value is -3.26. The van der Waals surface area contributed by atoms with Gasteiger partial charge in [-0.15, -0.1) is 0 Å². The molecular formula is C20H20FN3O4. The van der Waals surface area contributed by atoms with Crippen LogP contribution in [-0.2, 0) is 24.3 Å². The lowest BCUT2D eigenvalue weighted by Crippen LogP contribution is -2.35. The maximum atomic E-state index is 13.3. The van der Waals surface area contributed by atoms with E-state index in [-0.39, 0.29) is 31.9 Å². The van der Waals surface area contributed by atoms with Gasteiger partial charge in [0.1, 0.15) is 23.9 Å². The Morgan fingerprint density at radius 1 is 1.29 bits per heavy atom. The number of furan rings is 1. The Bertz CT molecular complexity index is 1010. The Kier molecular flexibility index (Phi) is 6.00. The minimum absolute atomic E-state index is 0.134. The second kappa shape index (κ2) is 8.62. The predicted molar refractivity (Wildman–Crippen MR) is 100.0 cm³/mol. The summed E-state index contributed by atoms with van der Waals surface area (Å²) in [6.07, 6.45) is 1.64. The number of hydrogen-bond acceptors (Lipinski definition) is 5. The first-order valence-corrected chi connectivity index (χ1v) is 8.75. The fourth-order valence-electron chi connectivity index (χ4n) is 2.86. The van der Waals surface area contributed by atoms with E-state index in [1.54, 1.807) is 19.1 Å². The second-order valence-corrected chi connectivity index (χ2v) is 6.23. The zero-order valence-corrected chi connectivity index (χ0v) is 15.3. The first-order valence-electron chi connectivity index (χ1n) is 8.75. The highest BCUT2D eigenvalue weighted by Gasteiger charge is 2.17. The summed E-state index contributed by atoms with van der Waals surface area (Å²) < 4.78 is 19.7. The maximum absolute atomic E-state index is 13.3. The van der Waals surface area contributed by atoms with Crippen molar-refractivity contribution in [2.24, 2.45) is 0 Å². The van der Waals surface area contributed by atoms with Crippen molar-refractivity contribution < 1.29 is 18.7 Å². The van der Waals surface area contributed by atoms with Crippen LogP contribution in [0.1, 0.15) is 17.0 Å². The van der Waals surface area contributed by atoms with Gasteiger partial charge in [-0.1, -0.05) is 0 Å². The van der Waals surface area contributed by atoms with Gasteiger partial charge in [-0.05, 0) is 43.3 Å². The molecule has 0 radical (unpaired) electrons. The van der Waals surface area contributed by atoms with Gasteiger partial charge in [0.15, 0.2) is 0 Å². The number of aromatic nitrogens is 2. The smallest absolute Gasteiger partial charge is 0.257 e. The summed E-state index contributed by atoms with van der Waals surface area (Å²) in [4.78, 5) is 29.8. The number of aliphatic hydroxyl groups excluding tert-OH is 1. The van der Waals surface area contributed by atoms with Gasteiger partial charge >= 0.3 is 0 Å². The summed E-state index contributed by atoms with van der Waals surface area (Å²) in [6, 6.07) is 8.96. The van der Waals surface area contributed by atoms with Gasteiger partial charge in [0, 0.05) is 29.8 Å². The standard InChI is InChI=1S/C20H20FN3O4/c1-13-17(8-9-25)20(27)24(12-18(26)22-11-16-3-2-10-28-16)19(23-13)14-4-6-15(21)7-5-14/h2-7,10,25H,8-9,11-12H2,1H3,(H,22,26). The van der Waals surface area contributed by atoms with Gasteiger partial charge in [-0.3, -0.25) is 14.2 Å². The molecule has 28 heavy (non-hydrogen) atoms. The predicted octanol–water partition coefficient (Wildman–Crippen LogP) is 1.80. The molecule has 3 aromatic rings. The summed E-state index contributed by atoms with van der Waals surface area (Å²) in [5.41, 5.74) is 0.905. The molecule has 0 saturated carbocycles. The number of halogens is 1. The third-order valence-electron chi connectivity index (χ3n) is 4.28. The van der Waals surface area contributed by atoms with Crippen molar-refractivity contribution in [3.05, 3.63) is 75.9 Å². The van der Waals surface area contributed by atoms with E-state index in [0.29, 0.717) is 22.6 Å². The number of carbonyl (C=O) groups excluding carboxylic acids is 1. The van der Waals surface area contributed by atoms with Gasteiger partial charge < -0.3 is 14.8 Å². The molecule has 7 nitrogen and oxygen atoms in total. The third-order valence-corrected chi connectivity index (χ3v) is 4.28. The Labute approximate surface area is 160 Å². The number of carbonyl (C=O) groups is 1. The highest BCUT2D eigenvalue weighted by atomic mass is 19.1. The lowest BCUT2D eigenvalue weighted by Gasteiger charge is -2.15. The molecule has 2 heterocycles. The molecule has 0 atom stereocenters. The van der Waals surface area contributed by atoms with Crippen LogP contribution in [0.25, 0.3) is 11.4 Å². The van der Waals surface area contributed by atoms with Crippen LogP contribution in [0.4, 0.5) is 4.39 Å². The Balaban J connectivity index is 1.96. The van der Waals surface area contributed by atoms with Gasteiger partial charge in [0.05, 0.1) is 12.8 Å². The second-order valence-electron chi connectivity index (χ2n) is 6.23. The molecular weight excluding hydrogens is 365 g/mol. The topological polar surface area (TPSA) is 97.4 Å². The molecule has 3 rings (SSSR count). The number of rotatable bonds is 7. The zero-order chi connectivity index (χ0) is 20.1. The summed E-state index contributed by atoms with van der Waals surface area (Å²) in [7, 11) is 0. The van der Waals surface area contributed by atoms with Crippen molar-refractivity contribution in [2.75, 3.05) is 6.61 Å². The normalized spacial score (nSPS) is 10.8. The largest absolute Gasteiger partial charge is 0.467 e. The van der Waals surface area contributed by atoms with Crippen LogP contribution in [0.3, 0.4) is 0 Å². The molecule has 2 N–H and O–H groups in total. The summed E-state index contributed by atoms with van der Waals surface area (Å²) in [6.45, 7) is 1.38. The lowest BCUT2D eigenvalue weighted by atomic mass is 10.1. The quantitative estimate of drug-likeness (QED) is 0.646. The van der Waals surface area contributed by atoms with Crippen LogP contribution in [0.5, 0.6) is 0 Å². The van der Waals surface area contributed by atoms with E-state index in [0.717, 1.165) is 0 Å². The molecule has 0 aliphatic rings. The average Bonchev–Trinajstić information content (AvgIpc) is 3.20. The van der Waals surface area contributed by atoms with Gasteiger partial charge in [0.2, 0.25) is 5.91 Å². The Morgan fingerprint density at radius 3 is 2.68 bits per heavy atom. The van der Waals surface area contributed by atoms with Crippen LogP contribution in [0.15, 0.2) is 51.9 Å². The monoisotopic (exact) mass is 385 g/mol. The van der Waals surface area contributed by atoms with Crippen LogP contribution in [0.2, 0.25) is 0 Å². The van der Waals surface area contributed by atoms with Crippen molar-refractivity contribution in [1.82, 2.24) is 14.9 Å². The molecule has 146 valence electrons. The lowest BCUT2D eigenvalue weighted by molar-refractivity contribution is -0.121. The molecule has 0 aliphatic heterocycles. The van der Waals surface area contributed by atoms with Crippen molar-refractivity contribution >= 4 is 5.91 Å². The summed E-state index contributed by atoms with van der Waals surface area (Å²) >= 11 is 0. The van der Waals surface area contributed by atoms with E-state index in [9.17, 15) is 19.1 Å². The third kappa shape index (κ3) is 4.34. The number of aliphatic hydroxyl groups is 1. The number of benzene rings is 1. The zero-order valence-electron chi connectivity index (χ0n) is 15.3. The van der Waals surface area contributed by atoms with Crippen LogP contribution >= 0.6 is 0 Å². The first-order chi connectivity index (χ1) is 13.5. The number of hydrogen-bond donors (Lipinski definition) is 2. The molecule has 0 saturated heterocycles. The van der Waals surface area contributed by atoms with Crippen LogP contribution < -0.4 is 10.9 Å². The van der Waals surface area contributed by atoms with E-state index >= 15 is 0 Å². The minimum Gasteiger partial charge on any atom is -0.467 e. The van der Waals surface area contributed by atoms with Crippen molar-refractivity contribution in [2.45, 2.75) is 26.4 Å². The highest BCUT2D eigenvalue weighted by molar-refractivity contribution is 5.76. The molecule has 0 aliphatic carbocycles. The summed E-state index contributed by atoms with van der Waals surface area (Å²) in [5.74, 6) is 0.0321. The van der Waals surface area contributed by atoms with E-state index in [1.165, 1.54) is 35.1 Å². The van der Waals surface area contributed by atoms with Crippen LogP contribution in [-0.4, -0.2) is 27.2 Å². The number of amides is 1. The molecule has 1 amide bonds. The SMILES string of the molecule is Cc1nc(-c2ccc(F)cc2)n(CC(=O)NCc2ccco2)c(=O)c1CCO. The fraction of sp³-hybridized carbons (Fsp3) is 0.250. The maximum Gasteiger partial charge on any atom is 0.257 e. The van der Waals surface area contributed by atoms with E-state index in [4.69, 9.17) is 4.42 Å². The van der Waals surface area contributed by atoms with Crippen LogP contribution in [0, 0.1) is 12.7 Å². The van der Waals surface area contributed by atoms with Crippen molar-refractivity contribution in [1.29, 1.82) is 0 Å². The van der Waals surface area contributed by atoms with Crippen molar-refractivity contribution in [3.8, 4) is 11.4 Å². The van der Waals surface area contributed by atoms with Gasteiger partial charge in [-0.2, -0.15) is 0 Å². The number of aryl methyl sites for hydroxylation is 1. The van der Waals surface area contributed by atoms with E-state index in [1.807, 2.05) is 0 Å². The number of nitrogens with zero attached hydrogens (tertiary/aromatic N) is 2. The minimum atomic E-state index is -0.414. The molecule has 1 aromatic carbocycles. The highest BCUT2D eigenvalue weighted by Crippen LogP contribution is 2.18. The summed E-state index contributed by atoms with van der Waals surface area (Å²) in [5, 5.41) is 11.9. The molecule has 0 fully saturated rings. The molecule has 8 heteroatoms. The van der Waals surface area contributed by atoms with Gasteiger partial charge in [0.25, 0.3) is 5.56 Å². The fourth-order valence-corrected chi connectivity index (χ4v) is 2.86. The molecule has 2 aromatic heterocycles. The van der Waals surface area contributed by atoms with E-state index < -0.39 is 17.3 Å². The number of nitrogens with one attached hydrogen (secondary N) is 1. The first kappa shape index (κ1) is 19.5. The molecule has 0 unspecified atom stereocenters. The average molecular weight is 385 g/mol. The van der Waals surface area contributed by atoms with Crippen molar-refractivity contribution in [3.63, 3.8) is 0 Å². The van der Waals surface area contributed by atoms with E-state index in [2.05, 4.69) is 10.3 Å². The Morgan fingerprint density at radius 2 is 2.04 bits per heavy atom. The molecule has 0 spiro atoms.